The first-order valence-electron chi connectivity index (χ1n) is 4.49. The molecule has 4 nitrogen and oxygen atoms in total. The van der Waals surface area contributed by atoms with E-state index in [1.54, 1.807) is 0 Å². The predicted molar refractivity (Wildman–Crippen MR) is 57.4 cm³/mol. The van der Waals surface area contributed by atoms with Crippen LogP contribution in [0.5, 0.6) is 0 Å². The Morgan fingerprint density at radius 2 is 1.93 bits per heavy atom. The average molecular weight is 202 g/mol. The molecule has 1 atom stereocenters. The van der Waals surface area contributed by atoms with Gasteiger partial charge in [-0.05, 0) is 5.56 Å². The molecule has 1 aromatic carbocycles. The number of benzene rings is 1. The molecule has 2 radical (unpaired) electrons. The van der Waals surface area contributed by atoms with Crippen LogP contribution in [0.1, 0.15) is 5.56 Å². The number of carbonyl (C=O) groups excluding carboxylic acids is 2. The van der Waals surface area contributed by atoms with Crippen molar-refractivity contribution in [3.63, 3.8) is 0 Å². The number of primary amides is 1. The van der Waals surface area contributed by atoms with E-state index in [0.717, 1.165) is 5.56 Å². The molecule has 1 unspecified atom stereocenters. The van der Waals surface area contributed by atoms with Gasteiger partial charge in [0.05, 0.1) is 0 Å². The lowest BCUT2D eigenvalue weighted by atomic mass is 10.0. The Morgan fingerprint density at radius 1 is 1.33 bits per heavy atom. The average Bonchev–Trinajstić information content (AvgIpc) is 2.17. The van der Waals surface area contributed by atoms with Crippen LogP contribution < -0.4 is 11.1 Å². The second kappa shape index (κ2) is 5.19. The fourth-order valence-electron chi connectivity index (χ4n) is 1.24. The van der Waals surface area contributed by atoms with Crippen LogP contribution in [0.3, 0.4) is 0 Å². The van der Waals surface area contributed by atoms with Crippen LogP contribution >= 0.6 is 0 Å². The summed E-state index contributed by atoms with van der Waals surface area (Å²) in [7, 11) is 4.93. The fourth-order valence-corrected chi connectivity index (χ4v) is 1.24. The maximum atomic E-state index is 11.0. The normalized spacial score (nSPS) is 11.7. The molecule has 3 N–H and O–H groups in total. The summed E-state index contributed by atoms with van der Waals surface area (Å²) in [6, 6.07) is 8.49. The molecule has 76 valence electrons. The lowest BCUT2D eigenvalue weighted by molar-refractivity contribution is -0.119. The molecule has 0 fully saturated rings. The highest BCUT2D eigenvalue weighted by molar-refractivity contribution is 6.57. The molecule has 2 amide bonds. The number of hydrogen-bond donors (Lipinski definition) is 2. The number of rotatable bonds is 4. The molecule has 0 saturated heterocycles. The van der Waals surface area contributed by atoms with Crippen LogP contribution in [-0.4, -0.2) is 25.6 Å². The van der Waals surface area contributed by atoms with Gasteiger partial charge in [-0.25, -0.2) is 0 Å². The quantitative estimate of drug-likeness (QED) is 0.672. The van der Waals surface area contributed by atoms with Crippen molar-refractivity contribution < 1.29 is 9.59 Å². The molecule has 0 saturated carbocycles. The molecule has 0 aliphatic carbocycles. The number of carbonyl (C=O) groups is 2. The molecular weight excluding hydrogens is 191 g/mol. The maximum Gasteiger partial charge on any atom is 0.240 e. The molecule has 0 aromatic heterocycles. The Kier molecular flexibility index (Phi) is 3.91. The van der Waals surface area contributed by atoms with Crippen molar-refractivity contribution in [2.24, 2.45) is 5.73 Å². The third-order valence-electron chi connectivity index (χ3n) is 1.94. The highest BCUT2D eigenvalue weighted by atomic mass is 16.2. The summed E-state index contributed by atoms with van der Waals surface area (Å²) in [6.07, 6.45) is 0.346. The van der Waals surface area contributed by atoms with Crippen molar-refractivity contribution in [1.82, 2.24) is 5.32 Å². The second-order valence-corrected chi connectivity index (χ2v) is 3.15. The minimum Gasteiger partial charge on any atom is -0.368 e. The molecule has 1 aromatic rings. The van der Waals surface area contributed by atoms with Crippen LogP contribution in [0, 0.1) is 0 Å². The number of nitrogens with one attached hydrogen (secondary N) is 1. The molecule has 0 aliphatic rings. The zero-order valence-corrected chi connectivity index (χ0v) is 8.14. The summed E-state index contributed by atoms with van der Waals surface area (Å²) < 4.78 is 0. The zero-order chi connectivity index (χ0) is 11.3. The van der Waals surface area contributed by atoms with Gasteiger partial charge in [-0.1, -0.05) is 30.3 Å². The molecule has 1 rings (SSSR count). The lowest BCUT2D eigenvalue weighted by Crippen LogP contribution is -2.45. The summed E-state index contributed by atoms with van der Waals surface area (Å²) in [4.78, 5) is 21.6. The summed E-state index contributed by atoms with van der Waals surface area (Å²) in [5.41, 5.74) is 6.04. The van der Waals surface area contributed by atoms with Gasteiger partial charge in [0.15, 0.2) is 5.81 Å². The summed E-state index contributed by atoms with van der Waals surface area (Å²) in [6.45, 7) is 0. The second-order valence-electron chi connectivity index (χ2n) is 3.15. The Bertz CT molecular complexity index is 354. The topological polar surface area (TPSA) is 72.2 Å². The monoisotopic (exact) mass is 202 g/mol. The highest BCUT2D eigenvalue weighted by Crippen LogP contribution is 2.02. The minimum absolute atomic E-state index is 0.346. The van der Waals surface area contributed by atoms with E-state index < -0.39 is 17.8 Å². The smallest absolute Gasteiger partial charge is 0.240 e. The van der Waals surface area contributed by atoms with Gasteiger partial charge in [-0.15, -0.1) is 0 Å². The van der Waals surface area contributed by atoms with Crippen LogP contribution in [0.2, 0.25) is 0 Å². The molecule has 0 aliphatic heterocycles. The van der Waals surface area contributed by atoms with Crippen molar-refractivity contribution in [2.75, 3.05) is 0 Å². The van der Waals surface area contributed by atoms with Crippen molar-refractivity contribution in [1.29, 1.82) is 0 Å². The summed E-state index contributed by atoms with van der Waals surface area (Å²) in [5.74, 6) is -1.35. The van der Waals surface area contributed by atoms with Crippen LogP contribution in [0.4, 0.5) is 4.79 Å². The number of nitrogens with two attached hydrogens (primary N) is 1. The van der Waals surface area contributed by atoms with Crippen LogP contribution in [0.15, 0.2) is 30.3 Å². The highest BCUT2D eigenvalue weighted by Gasteiger charge is 2.15. The van der Waals surface area contributed by atoms with Crippen molar-refractivity contribution in [3.8, 4) is 0 Å². The van der Waals surface area contributed by atoms with E-state index in [0.29, 0.717) is 6.42 Å². The Morgan fingerprint density at radius 3 is 2.40 bits per heavy atom. The lowest BCUT2D eigenvalue weighted by Gasteiger charge is -2.14. The van der Waals surface area contributed by atoms with E-state index in [2.05, 4.69) is 5.32 Å². The van der Waals surface area contributed by atoms with E-state index in [1.165, 1.54) is 0 Å². The molecule has 5 heteroatoms. The van der Waals surface area contributed by atoms with E-state index in [1.807, 2.05) is 30.3 Å². The Labute approximate surface area is 89.3 Å². The van der Waals surface area contributed by atoms with Crippen molar-refractivity contribution in [3.05, 3.63) is 35.9 Å². The number of amides is 2. The maximum absolute atomic E-state index is 11.0. The van der Waals surface area contributed by atoms with Gasteiger partial charge in [0.1, 0.15) is 6.04 Å². The molecule has 0 spiro atoms. The van der Waals surface area contributed by atoms with Crippen molar-refractivity contribution in [2.45, 2.75) is 12.5 Å². The summed E-state index contributed by atoms with van der Waals surface area (Å²) >= 11 is 0. The van der Waals surface area contributed by atoms with Crippen LogP contribution in [-0.2, 0) is 11.2 Å². The van der Waals surface area contributed by atoms with E-state index in [9.17, 15) is 9.59 Å². The van der Waals surface area contributed by atoms with Gasteiger partial charge in [-0.3, -0.25) is 9.59 Å². The zero-order valence-electron chi connectivity index (χ0n) is 8.14. The van der Waals surface area contributed by atoms with Gasteiger partial charge in [0, 0.05) is 6.42 Å². The van der Waals surface area contributed by atoms with Gasteiger partial charge in [-0.2, -0.15) is 0 Å². The first kappa shape index (κ1) is 11.3. The predicted octanol–water partition coefficient (Wildman–Crippen LogP) is -0.0389. The first-order chi connectivity index (χ1) is 7.09. The molecule has 0 heterocycles. The Hall–Kier alpha value is -1.78. The third-order valence-corrected chi connectivity index (χ3v) is 1.94. The van der Waals surface area contributed by atoms with Gasteiger partial charge in [0.25, 0.3) is 0 Å². The van der Waals surface area contributed by atoms with Crippen LogP contribution in [0.25, 0.3) is 0 Å². The molecular formula is C10H11BN2O2. The molecule has 0 bridgehead atoms. The fraction of sp³-hybridized carbons (Fsp3) is 0.200. The Balaban J connectivity index is 2.67. The van der Waals surface area contributed by atoms with Gasteiger partial charge < -0.3 is 11.1 Å². The standard InChI is InChI=1S/C10H11BN2O2/c11-10(15)13-8(9(12)14)6-7-4-2-1-3-5-7/h1-5,8H,6H2,(H2,12,14)(H,13,15). The first-order valence-corrected chi connectivity index (χ1v) is 4.49. The minimum atomic E-state index is -0.759. The third kappa shape index (κ3) is 3.85. The SMILES string of the molecule is [B]C(=O)NC(Cc1ccccc1)C(N)=O. The number of hydrogen-bond acceptors (Lipinski definition) is 2. The van der Waals surface area contributed by atoms with E-state index in [-0.39, 0.29) is 0 Å². The van der Waals surface area contributed by atoms with E-state index in [4.69, 9.17) is 13.6 Å². The van der Waals surface area contributed by atoms with E-state index >= 15 is 0 Å². The molecule has 15 heavy (non-hydrogen) atoms. The van der Waals surface area contributed by atoms with Gasteiger partial charge >= 0.3 is 0 Å². The largest absolute Gasteiger partial charge is 0.368 e. The summed E-state index contributed by atoms with van der Waals surface area (Å²) in [5, 5.41) is 2.29. The van der Waals surface area contributed by atoms with Crippen molar-refractivity contribution >= 4 is 19.6 Å². The van der Waals surface area contributed by atoms with Gasteiger partial charge in [0.2, 0.25) is 13.8 Å².